The summed E-state index contributed by atoms with van der Waals surface area (Å²) in [5.41, 5.74) is 0.799. The SMILES string of the molecule is O=C(Nc1ccc(Cl)cc1)NC(C(=O)O)c1ccccc1Cl. The van der Waals surface area contributed by atoms with Crippen molar-refractivity contribution >= 4 is 40.9 Å². The maximum atomic E-state index is 11.9. The van der Waals surface area contributed by atoms with Crippen LogP contribution in [0.25, 0.3) is 0 Å². The third-order valence-corrected chi connectivity index (χ3v) is 3.44. The van der Waals surface area contributed by atoms with E-state index in [1.165, 1.54) is 0 Å². The van der Waals surface area contributed by atoms with Crippen LogP contribution in [0, 0.1) is 0 Å². The van der Waals surface area contributed by atoms with Crippen LogP contribution in [-0.2, 0) is 4.79 Å². The summed E-state index contributed by atoms with van der Waals surface area (Å²) < 4.78 is 0. The number of rotatable bonds is 4. The zero-order chi connectivity index (χ0) is 16.1. The van der Waals surface area contributed by atoms with Gasteiger partial charge in [0, 0.05) is 21.3 Å². The number of hydrogen-bond donors (Lipinski definition) is 3. The second kappa shape index (κ2) is 7.15. The Bertz CT molecular complexity index is 689. The van der Waals surface area contributed by atoms with Gasteiger partial charge in [-0.15, -0.1) is 0 Å². The molecule has 22 heavy (non-hydrogen) atoms. The zero-order valence-electron chi connectivity index (χ0n) is 11.2. The topological polar surface area (TPSA) is 78.4 Å². The maximum absolute atomic E-state index is 11.9. The summed E-state index contributed by atoms with van der Waals surface area (Å²) in [6.07, 6.45) is 0. The number of carboxylic acid groups (broad SMARTS) is 1. The molecule has 2 aromatic carbocycles. The lowest BCUT2D eigenvalue weighted by Gasteiger charge is -2.16. The third-order valence-electron chi connectivity index (χ3n) is 2.84. The van der Waals surface area contributed by atoms with Crippen LogP contribution in [0.15, 0.2) is 48.5 Å². The Kier molecular flexibility index (Phi) is 5.25. The summed E-state index contributed by atoms with van der Waals surface area (Å²) in [6, 6.07) is 11.0. The molecule has 1 unspecified atom stereocenters. The average molecular weight is 339 g/mol. The fraction of sp³-hybridized carbons (Fsp3) is 0.0667. The van der Waals surface area contributed by atoms with Crippen molar-refractivity contribution in [3.05, 3.63) is 64.1 Å². The normalized spacial score (nSPS) is 11.5. The van der Waals surface area contributed by atoms with E-state index in [-0.39, 0.29) is 5.02 Å². The van der Waals surface area contributed by atoms with Crippen LogP contribution in [0.2, 0.25) is 10.0 Å². The molecule has 0 spiro atoms. The van der Waals surface area contributed by atoms with E-state index in [0.717, 1.165) is 0 Å². The van der Waals surface area contributed by atoms with Gasteiger partial charge in [0.1, 0.15) is 0 Å². The van der Waals surface area contributed by atoms with Crippen LogP contribution in [0.5, 0.6) is 0 Å². The Balaban J connectivity index is 2.11. The van der Waals surface area contributed by atoms with Gasteiger partial charge >= 0.3 is 12.0 Å². The minimum atomic E-state index is -1.25. The van der Waals surface area contributed by atoms with Crippen LogP contribution in [0.3, 0.4) is 0 Å². The predicted molar refractivity (Wildman–Crippen MR) is 85.4 cm³/mol. The number of carbonyl (C=O) groups is 2. The number of carboxylic acids is 1. The van der Waals surface area contributed by atoms with Crippen LogP contribution < -0.4 is 10.6 Å². The number of hydrogen-bond acceptors (Lipinski definition) is 2. The zero-order valence-corrected chi connectivity index (χ0v) is 12.7. The predicted octanol–water partition coefficient (Wildman–Crippen LogP) is 3.94. The number of aliphatic carboxylic acids is 1. The van der Waals surface area contributed by atoms with E-state index >= 15 is 0 Å². The largest absolute Gasteiger partial charge is 0.479 e. The number of anilines is 1. The van der Waals surface area contributed by atoms with Gasteiger partial charge in [-0.2, -0.15) is 0 Å². The van der Waals surface area contributed by atoms with Crippen molar-refractivity contribution in [2.75, 3.05) is 5.32 Å². The van der Waals surface area contributed by atoms with Gasteiger partial charge < -0.3 is 15.7 Å². The minimum Gasteiger partial charge on any atom is -0.479 e. The van der Waals surface area contributed by atoms with E-state index in [1.54, 1.807) is 48.5 Å². The van der Waals surface area contributed by atoms with Crippen LogP contribution in [-0.4, -0.2) is 17.1 Å². The second-order valence-electron chi connectivity index (χ2n) is 4.40. The van der Waals surface area contributed by atoms with E-state index in [2.05, 4.69) is 10.6 Å². The molecule has 114 valence electrons. The van der Waals surface area contributed by atoms with Gasteiger partial charge in [-0.1, -0.05) is 41.4 Å². The first-order valence-electron chi connectivity index (χ1n) is 6.27. The highest BCUT2D eigenvalue weighted by molar-refractivity contribution is 6.31. The number of nitrogens with one attached hydrogen (secondary N) is 2. The van der Waals surface area contributed by atoms with Crippen LogP contribution >= 0.6 is 23.2 Å². The van der Waals surface area contributed by atoms with Crippen molar-refractivity contribution in [3.63, 3.8) is 0 Å². The molecule has 0 aliphatic carbocycles. The molecule has 0 aliphatic rings. The Morgan fingerprint density at radius 1 is 1.00 bits per heavy atom. The fourth-order valence-electron chi connectivity index (χ4n) is 1.81. The molecule has 7 heteroatoms. The Morgan fingerprint density at radius 2 is 1.64 bits per heavy atom. The lowest BCUT2D eigenvalue weighted by Crippen LogP contribution is -2.36. The Hall–Kier alpha value is -2.24. The molecular weight excluding hydrogens is 327 g/mol. The number of amides is 2. The highest BCUT2D eigenvalue weighted by Crippen LogP contribution is 2.23. The van der Waals surface area contributed by atoms with Crippen molar-refractivity contribution in [3.8, 4) is 0 Å². The molecule has 0 aromatic heterocycles. The molecule has 1 atom stereocenters. The van der Waals surface area contributed by atoms with Crippen LogP contribution in [0.4, 0.5) is 10.5 Å². The quantitative estimate of drug-likeness (QED) is 0.789. The summed E-state index contributed by atoms with van der Waals surface area (Å²) in [4.78, 5) is 23.3. The summed E-state index contributed by atoms with van der Waals surface area (Å²) in [7, 11) is 0. The highest BCUT2D eigenvalue weighted by Gasteiger charge is 2.24. The van der Waals surface area contributed by atoms with E-state index in [9.17, 15) is 14.7 Å². The maximum Gasteiger partial charge on any atom is 0.331 e. The molecule has 5 nitrogen and oxygen atoms in total. The van der Waals surface area contributed by atoms with Gasteiger partial charge in [0.25, 0.3) is 0 Å². The molecule has 0 bridgehead atoms. The Morgan fingerprint density at radius 3 is 2.23 bits per heavy atom. The molecule has 0 saturated carbocycles. The first-order chi connectivity index (χ1) is 10.5. The van der Waals surface area contributed by atoms with Crippen molar-refractivity contribution in [2.45, 2.75) is 6.04 Å². The number of benzene rings is 2. The van der Waals surface area contributed by atoms with Crippen molar-refractivity contribution in [2.24, 2.45) is 0 Å². The summed E-state index contributed by atoms with van der Waals surface area (Å²) in [5.74, 6) is -1.21. The first kappa shape index (κ1) is 16.1. The highest BCUT2D eigenvalue weighted by atomic mass is 35.5. The van der Waals surface area contributed by atoms with Gasteiger partial charge in [0.05, 0.1) is 0 Å². The molecule has 0 fully saturated rings. The van der Waals surface area contributed by atoms with Gasteiger partial charge in [0.15, 0.2) is 6.04 Å². The van der Waals surface area contributed by atoms with E-state index in [4.69, 9.17) is 23.2 Å². The third kappa shape index (κ3) is 4.13. The van der Waals surface area contributed by atoms with Gasteiger partial charge in [-0.05, 0) is 30.3 Å². The second-order valence-corrected chi connectivity index (χ2v) is 5.24. The van der Waals surface area contributed by atoms with Gasteiger partial charge in [-0.25, -0.2) is 9.59 Å². The molecular formula is C15H12Cl2N2O3. The number of halogens is 2. The first-order valence-corrected chi connectivity index (χ1v) is 7.03. The summed E-state index contributed by atoms with van der Waals surface area (Å²) in [5, 5.41) is 15.0. The molecule has 0 radical (unpaired) electrons. The van der Waals surface area contributed by atoms with E-state index < -0.39 is 18.0 Å². The lowest BCUT2D eigenvalue weighted by atomic mass is 10.1. The smallest absolute Gasteiger partial charge is 0.331 e. The number of urea groups is 1. The minimum absolute atomic E-state index is 0.265. The average Bonchev–Trinajstić information content (AvgIpc) is 2.48. The molecule has 3 N–H and O–H groups in total. The molecule has 2 rings (SSSR count). The lowest BCUT2D eigenvalue weighted by molar-refractivity contribution is -0.139. The van der Waals surface area contributed by atoms with Crippen molar-refractivity contribution in [1.82, 2.24) is 5.32 Å². The summed E-state index contributed by atoms with van der Waals surface area (Å²) >= 11 is 11.7. The Labute approximate surface area is 136 Å². The molecule has 0 saturated heterocycles. The van der Waals surface area contributed by atoms with Gasteiger partial charge in [-0.3, -0.25) is 0 Å². The molecule has 0 heterocycles. The molecule has 2 amide bonds. The standard InChI is InChI=1S/C15H12Cl2N2O3/c16-9-5-7-10(8-6-9)18-15(22)19-13(14(20)21)11-3-1-2-4-12(11)17/h1-8,13H,(H,20,21)(H2,18,19,22). The van der Waals surface area contributed by atoms with Crippen molar-refractivity contribution < 1.29 is 14.7 Å². The van der Waals surface area contributed by atoms with E-state index in [0.29, 0.717) is 16.3 Å². The monoisotopic (exact) mass is 338 g/mol. The van der Waals surface area contributed by atoms with Crippen LogP contribution in [0.1, 0.15) is 11.6 Å². The van der Waals surface area contributed by atoms with E-state index in [1.807, 2.05) is 0 Å². The molecule has 2 aromatic rings. The molecule has 0 aliphatic heterocycles. The summed E-state index contributed by atoms with van der Waals surface area (Å²) in [6.45, 7) is 0. The number of carbonyl (C=O) groups excluding carboxylic acids is 1. The fourth-order valence-corrected chi connectivity index (χ4v) is 2.18. The van der Waals surface area contributed by atoms with Crippen molar-refractivity contribution in [1.29, 1.82) is 0 Å². The van der Waals surface area contributed by atoms with Gasteiger partial charge in [0.2, 0.25) is 0 Å².